The van der Waals surface area contributed by atoms with Crippen molar-refractivity contribution in [1.29, 1.82) is 0 Å². The van der Waals surface area contributed by atoms with Gasteiger partial charge in [-0.3, -0.25) is 4.79 Å². The van der Waals surface area contributed by atoms with Crippen molar-refractivity contribution in [1.82, 2.24) is 14.8 Å². The lowest BCUT2D eigenvalue weighted by atomic mass is 10.2. The van der Waals surface area contributed by atoms with E-state index in [1.807, 2.05) is 35.2 Å². The molecule has 2 aromatic carbocycles. The molecule has 0 N–H and O–H groups in total. The second-order valence-electron chi connectivity index (χ2n) is 7.27. The molecule has 1 saturated heterocycles. The molecule has 0 saturated carbocycles. The third-order valence-electron chi connectivity index (χ3n) is 4.99. The summed E-state index contributed by atoms with van der Waals surface area (Å²) in [6, 6.07) is 16.2. The minimum atomic E-state index is 0.311. The van der Waals surface area contributed by atoms with Crippen LogP contribution in [0.2, 0.25) is 0 Å². The van der Waals surface area contributed by atoms with Crippen LogP contribution in [0.5, 0.6) is 10.9 Å². The average molecular weight is 396 g/mol. The molecule has 1 amide bonds. The molecule has 4 rings (SSSR count). The first kappa shape index (κ1) is 18.9. The Balaban J connectivity index is 1.26. The lowest BCUT2D eigenvalue weighted by molar-refractivity contribution is -0.127. The van der Waals surface area contributed by atoms with Gasteiger partial charge in [-0.15, -0.1) is 0 Å². The minimum Gasteiger partial charge on any atom is -0.431 e. The molecule has 0 atom stereocenters. The van der Waals surface area contributed by atoms with Gasteiger partial charge in [0.05, 0.1) is 10.2 Å². The molecule has 2 heterocycles. The van der Waals surface area contributed by atoms with Gasteiger partial charge in [-0.05, 0) is 56.3 Å². The molecule has 3 aromatic rings. The van der Waals surface area contributed by atoms with E-state index in [0.717, 1.165) is 61.4 Å². The summed E-state index contributed by atoms with van der Waals surface area (Å²) in [6.07, 6.45) is 2.75. The molecule has 0 spiro atoms. The van der Waals surface area contributed by atoms with E-state index in [1.165, 1.54) is 5.56 Å². The number of benzene rings is 2. The fourth-order valence-corrected chi connectivity index (χ4v) is 4.36. The average Bonchev–Trinajstić information content (AvgIpc) is 3.29. The lowest BCUT2D eigenvalue weighted by Gasteiger charge is -2.20. The van der Waals surface area contributed by atoms with Crippen LogP contribution in [-0.4, -0.2) is 47.4 Å². The maximum atomic E-state index is 11.7. The van der Waals surface area contributed by atoms with E-state index in [9.17, 15) is 4.79 Å². The van der Waals surface area contributed by atoms with Gasteiger partial charge in [0.15, 0.2) is 0 Å². The van der Waals surface area contributed by atoms with Crippen molar-refractivity contribution in [2.75, 3.05) is 26.7 Å². The summed E-state index contributed by atoms with van der Waals surface area (Å²) in [7, 11) is 2.12. The van der Waals surface area contributed by atoms with Gasteiger partial charge in [-0.2, -0.15) is 0 Å². The van der Waals surface area contributed by atoms with Crippen molar-refractivity contribution < 1.29 is 9.53 Å². The van der Waals surface area contributed by atoms with Crippen LogP contribution in [0.1, 0.15) is 24.8 Å². The number of ether oxygens (including phenoxy) is 1. The van der Waals surface area contributed by atoms with E-state index in [2.05, 4.69) is 35.1 Å². The Hall–Kier alpha value is -2.44. The molecule has 6 heteroatoms. The fraction of sp³-hybridized carbons (Fsp3) is 0.364. The van der Waals surface area contributed by atoms with Crippen LogP contribution in [0, 0.1) is 0 Å². The van der Waals surface area contributed by atoms with Gasteiger partial charge in [-0.25, -0.2) is 4.98 Å². The number of likely N-dealkylation sites (tertiary alicyclic amines) is 1. The smallest absolute Gasteiger partial charge is 0.279 e. The number of thiazole rings is 1. The highest BCUT2D eigenvalue weighted by Gasteiger charge is 2.19. The standard InChI is InChI=1S/C22H25N3O2S/c1-24(13-5-15-25-14-4-8-21(25)26)16-17-9-11-18(12-10-17)27-22-23-19-6-2-3-7-20(19)28-22/h2-3,6-7,9-12H,4-5,8,13-16H2,1H3. The first-order valence-corrected chi connectivity index (χ1v) is 10.6. The predicted molar refractivity (Wildman–Crippen MR) is 113 cm³/mol. The highest BCUT2D eigenvalue weighted by atomic mass is 32.1. The van der Waals surface area contributed by atoms with E-state index in [1.54, 1.807) is 11.3 Å². The summed E-state index contributed by atoms with van der Waals surface area (Å²) in [5, 5.41) is 0.669. The van der Waals surface area contributed by atoms with Gasteiger partial charge >= 0.3 is 0 Å². The number of carbonyl (C=O) groups is 1. The second kappa shape index (κ2) is 8.71. The molecule has 146 valence electrons. The van der Waals surface area contributed by atoms with Gasteiger partial charge in [0.1, 0.15) is 5.75 Å². The normalized spacial score (nSPS) is 14.4. The minimum absolute atomic E-state index is 0.311. The van der Waals surface area contributed by atoms with Crippen LogP contribution in [-0.2, 0) is 11.3 Å². The third kappa shape index (κ3) is 4.69. The Labute approximate surface area is 169 Å². The van der Waals surface area contributed by atoms with Gasteiger partial charge < -0.3 is 14.5 Å². The molecule has 0 unspecified atom stereocenters. The molecular weight excluding hydrogens is 370 g/mol. The number of hydrogen-bond donors (Lipinski definition) is 0. The Morgan fingerprint density at radius 3 is 2.75 bits per heavy atom. The number of nitrogens with zero attached hydrogens (tertiary/aromatic N) is 3. The van der Waals surface area contributed by atoms with E-state index < -0.39 is 0 Å². The van der Waals surface area contributed by atoms with Crippen molar-refractivity contribution >= 4 is 27.5 Å². The predicted octanol–water partition coefficient (Wildman–Crippen LogP) is 4.53. The Morgan fingerprint density at radius 1 is 1.18 bits per heavy atom. The van der Waals surface area contributed by atoms with E-state index in [0.29, 0.717) is 11.1 Å². The molecule has 0 bridgehead atoms. The van der Waals surface area contributed by atoms with Gasteiger partial charge in [0, 0.05) is 26.1 Å². The summed E-state index contributed by atoms with van der Waals surface area (Å²) in [4.78, 5) is 20.4. The number of amides is 1. The summed E-state index contributed by atoms with van der Waals surface area (Å²) >= 11 is 1.56. The van der Waals surface area contributed by atoms with Gasteiger partial charge in [-0.1, -0.05) is 35.6 Å². The summed E-state index contributed by atoms with van der Waals surface area (Å²) in [6.45, 7) is 3.67. The Kier molecular flexibility index (Phi) is 5.88. The summed E-state index contributed by atoms with van der Waals surface area (Å²) < 4.78 is 7.04. The third-order valence-corrected chi connectivity index (χ3v) is 5.91. The highest BCUT2D eigenvalue weighted by Crippen LogP contribution is 2.31. The topological polar surface area (TPSA) is 45.7 Å². The van der Waals surface area contributed by atoms with Gasteiger partial charge in [0.2, 0.25) is 5.91 Å². The maximum Gasteiger partial charge on any atom is 0.279 e. The Morgan fingerprint density at radius 2 is 2.00 bits per heavy atom. The molecule has 28 heavy (non-hydrogen) atoms. The molecule has 1 aromatic heterocycles. The molecule has 5 nitrogen and oxygen atoms in total. The van der Waals surface area contributed by atoms with Crippen LogP contribution < -0.4 is 4.74 Å². The zero-order valence-corrected chi connectivity index (χ0v) is 17.0. The van der Waals surface area contributed by atoms with Crippen LogP contribution in [0.15, 0.2) is 48.5 Å². The number of para-hydroxylation sites is 1. The van der Waals surface area contributed by atoms with Crippen LogP contribution in [0.3, 0.4) is 0 Å². The number of rotatable bonds is 8. The van der Waals surface area contributed by atoms with Crippen molar-refractivity contribution in [3.8, 4) is 10.9 Å². The van der Waals surface area contributed by atoms with Crippen LogP contribution in [0.25, 0.3) is 10.2 Å². The number of aromatic nitrogens is 1. The molecule has 1 aliphatic rings. The first-order valence-electron chi connectivity index (χ1n) is 9.76. The first-order chi connectivity index (χ1) is 13.7. The van der Waals surface area contributed by atoms with E-state index in [4.69, 9.17) is 4.74 Å². The van der Waals surface area contributed by atoms with Crippen molar-refractivity contribution in [3.63, 3.8) is 0 Å². The molecule has 0 radical (unpaired) electrons. The largest absolute Gasteiger partial charge is 0.431 e. The van der Waals surface area contributed by atoms with E-state index in [-0.39, 0.29) is 0 Å². The molecule has 1 fully saturated rings. The lowest BCUT2D eigenvalue weighted by Crippen LogP contribution is -2.29. The van der Waals surface area contributed by atoms with Gasteiger partial charge in [0.25, 0.3) is 5.19 Å². The zero-order valence-electron chi connectivity index (χ0n) is 16.1. The molecular formula is C22H25N3O2S. The molecule has 0 aliphatic carbocycles. The zero-order chi connectivity index (χ0) is 19.3. The quantitative estimate of drug-likeness (QED) is 0.562. The van der Waals surface area contributed by atoms with Crippen LogP contribution >= 0.6 is 11.3 Å². The SMILES string of the molecule is CN(CCCN1CCCC1=O)Cc1ccc(Oc2nc3ccccc3s2)cc1. The number of hydrogen-bond acceptors (Lipinski definition) is 5. The number of carbonyl (C=O) groups excluding carboxylic acids is 1. The monoisotopic (exact) mass is 395 g/mol. The Bertz CT molecular complexity index is 905. The van der Waals surface area contributed by atoms with Crippen molar-refractivity contribution in [3.05, 3.63) is 54.1 Å². The van der Waals surface area contributed by atoms with Crippen LogP contribution in [0.4, 0.5) is 0 Å². The fourth-order valence-electron chi connectivity index (χ4n) is 3.52. The van der Waals surface area contributed by atoms with Crippen molar-refractivity contribution in [2.45, 2.75) is 25.8 Å². The van der Waals surface area contributed by atoms with Crippen molar-refractivity contribution in [2.24, 2.45) is 0 Å². The second-order valence-corrected chi connectivity index (χ2v) is 8.26. The maximum absolute atomic E-state index is 11.7. The van der Waals surface area contributed by atoms with E-state index >= 15 is 0 Å². The summed E-state index contributed by atoms with van der Waals surface area (Å²) in [5.41, 5.74) is 2.22. The number of fused-ring (bicyclic) bond motifs is 1. The molecule has 1 aliphatic heterocycles. The summed E-state index contributed by atoms with van der Waals surface area (Å²) in [5.74, 6) is 1.12. The highest BCUT2D eigenvalue weighted by molar-refractivity contribution is 7.20.